The van der Waals surface area contributed by atoms with Gasteiger partial charge in [0.2, 0.25) is 0 Å². The van der Waals surface area contributed by atoms with E-state index in [0.717, 1.165) is 11.4 Å². The number of aryl methyl sites for hydroxylation is 2. The molecule has 2 heterocycles. The molecule has 0 radical (unpaired) electrons. The summed E-state index contributed by atoms with van der Waals surface area (Å²) in [6.07, 6.45) is 5.40. The van der Waals surface area contributed by atoms with Crippen molar-refractivity contribution in [3.05, 3.63) is 65.9 Å². The maximum absolute atomic E-state index is 14.6. The molecular weight excluding hydrogens is 321 g/mol. The van der Waals surface area contributed by atoms with Gasteiger partial charge in [0, 0.05) is 25.0 Å². The quantitative estimate of drug-likeness (QED) is 0.746. The lowest BCUT2D eigenvalue weighted by atomic mass is 10.0. The predicted molar refractivity (Wildman–Crippen MR) is 93.0 cm³/mol. The van der Waals surface area contributed by atoms with Crippen molar-refractivity contribution in [2.75, 3.05) is 12.4 Å². The first-order chi connectivity index (χ1) is 12.2. The smallest absolute Gasteiger partial charge is 0.186 e. The zero-order valence-corrected chi connectivity index (χ0v) is 14.4. The van der Waals surface area contributed by atoms with Gasteiger partial charge in [-0.05, 0) is 12.5 Å². The fourth-order valence-corrected chi connectivity index (χ4v) is 2.73. The van der Waals surface area contributed by atoms with Crippen LogP contribution in [-0.4, -0.2) is 26.6 Å². The average molecular weight is 341 g/mol. The second-order valence-corrected chi connectivity index (χ2v) is 5.55. The van der Waals surface area contributed by atoms with Crippen molar-refractivity contribution in [2.24, 2.45) is 7.05 Å². The number of hydrogen-bond acceptors (Lipinski definition) is 5. The summed E-state index contributed by atoms with van der Waals surface area (Å²) in [5.74, 6) is 1.11. The third kappa shape index (κ3) is 3.31. The van der Waals surface area contributed by atoms with Gasteiger partial charge >= 0.3 is 0 Å². The van der Waals surface area contributed by atoms with Crippen LogP contribution in [0.15, 0.2) is 43.0 Å². The molecule has 0 fully saturated rings. The van der Waals surface area contributed by atoms with Crippen molar-refractivity contribution in [1.82, 2.24) is 19.5 Å². The summed E-state index contributed by atoms with van der Waals surface area (Å²) in [6, 6.07) is 7.15. The van der Waals surface area contributed by atoms with Gasteiger partial charge < -0.3 is 14.6 Å². The number of nitrogens with one attached hydrogen (secondary N) is 1. The Labute approximate surface area is 145 Å². The van der Waals surface area contributed by atoms with Crippen LogP contribution in [0.25, 0.3) is 0 Å². The summed E-state index contributed by atoms with van der Waals surface area (Å²) in [5, 5.41) is 3.17. The Morgan fingerprint density at radius 2 is 2.04 bits per heavy atom. The molecule has 0 bridgehead atoms. The molecule has 0 saturated heterocycles. The summed E-state index contributed by atoms with van der Waals surface area (Å²) < 4.78 is 22.0. The standard InChI is InChI=1S/C18H20FN5O/c1-4-13-15(19)17(22-11-21-13)23-16(18-20-9-10-24(18)2)12-7-5-6-8-14(12)25-3/h5-11,16H,4H2,1-3H3,(H,21,22,23)/t16-/m1/s1. The predicted octanol–water partition coefficient (Wildman–Crippen LogP) is 3.12. The van der Waals surface area contributed by atoms with Crippen molar-refractivity contribution in [1.29, 1.82) is 0 Å². The van der Waals surface area contributed by atoms with E-state index in [9.17, 15) is 4.39 Å². The van der Waals surface area contributed by atoms with Crippen molar-refractivity contribution < 1.29 is 9.13 Å². The molecule has 0 aliphatic rings. The molecule has 1 N–H and O–H groups in total. The number of nitrogens with zero attached hydrogens (tertiary/aromatic N) is 4. The third-order valence-corrected chi connectivity index (χ3v) is 4.04. The number of para-hydroxylation sites is 1. The first kappa shape index (κ1) is 16.9. The van der Waals surface area contributed by atoms with Gasteiger partial charge in [0.1, 0.15) is 23.9 Å². The molecule has 0 unspecified atom stereocenters. The van der Waals surface area contributed by atoms with E-state index >= 15 is 0 Å². The normalized spacial score (nSPS) is 12.0. The van der Waals surface area contributed by atoms with Crippen molar-refractivity contribution in [3.63, 3.8) is 0 Å². The molecule has 0 amide bonds. The molecule has 25 heavy (non-hydrogen) atoms. The van der Waals surface area contributed by atoms with E-state index in [1.54, 1.807) is 13.3 Å². The van der Waals surface area contributed by atoms with Gasteiger partial charge in [0.25, 0.3) is 0 Å². The van der Waals surface area contributed by atoms with Gasteiger partial charge in [-0.25, -0.2) is 19.3 Å². The van der Waals surface area contributed by atoms with Crippen LogP contribution >= 0.6 is 0 Å². The zero-order chi connectivity index (χ0) is 17.8. The molecule has 1 atom stereocenters. The number of hydrogen-bond donors (Lipinski definition) is 1. The highest BCUT2D eigenvalue weighted by atomic mass is 19.1. The average Bonchev–Trinajstić information content (AvgIpc) is 3.06. The minimum absolute atomic E-state index is 0.144. The van der Waals surface area contributed by atoms with Gasteiger partial charge in [0.05, 0.1) is 12.8 Å². The van der Waals surface area contributed by atoms with Crippen LogP contribution in [0.2, 0.25) is 0 Å². The van der Waals surface area contributed by atoms with Crippen LogP contribution in [0, 0.1) is 5.82 Å². The van der Waals surface area contributed by atoms with E-state index in [-0.39, 0.29) is 5.82 Å². The monoisotopic (exact) mass is 341 g/mol. The van der Waals surface area contributed by atoms with Crippen molar-refractivity contribution >= 4 is 5.82 Å². The lowest BCUT2D eigenvalue weighted by molar-refractivity contribution is 0.408. The molecule has 0 spiro atoms. The molecule has 2 aromatic heterocycles. The minimum Gasteiger partial charge on any atom is -0.496 e. The topological polar surface area (TPSA) is 64.9 Å². The number of ether oxygens (including phenoxy) is 1. The second-order valence-electron chi connectivity index (χ2n) is 5.55. The van der Waals surface area contributed by atoms with E-state index in [1.807, 2.05) is 49.0 Å². The molecule has 3 rings (SSSR count). The Morgan fingerprint density at radius 1 is 1.24 bits per heavy atom. The molecule has 130 valence electrons. The van der Waals surface area contributed by atoms with E-state index in [1.165, 1.54) is 6.33 Å². The van der Waals surface area contributed by atoms with E-state index < -0.39 is 11.9 Å². The summed E-state index contributed by atoms with van der Waals surface area (Å²) in [4.78, 5) is 12.5. The van der Waals surface area contributed by atoms with Gasteiger partial charge in [-0.1, -0.05) is 25.1 Å². The van der Waals surface area contributed by atoms with Crippen LogP contribution in [0.1, 0.15) is 30.0 Å². The summed E-state index contributed by atoms with van der Waals surface area (Å²) in [7, 11) is 3.50. The van der Waals surface area contributed by atoms with Crippen LogP contribution in [0.4, 0.5) is 10.2 Å². The van der Waals surface area contributed by atoms with Crippen LogP contribution in [-0.2, 0) is 13.5 Å². The van der Waals surface area contributed by atoms with Crippen molar-refractivity contribution in [3.8, 4) is 5.75 Å². The highest BCUT2D eigenvalue weighted by Gasteiger charge is 2.24. The largest absolute Gasteiger partial charge is 0.496 e. The SMILES string of the molecule is CCc1ncnc(N[C@H](c2ccccc2OC)c2nccn2C)c1F. The molecular formula is C18H20FN5O. The van der Waals surface area contributed by atoms with Crippen molar-refractivity contribution in [2.45, 2.75) is 19.4 Å². The number of halogens is 1. The molecule has 6 nitrogen and oxygen atoms in total. The zero-order valence-electron chi connectivity index (χ0n) is 14.4. The van der Waals surface area contributed by atoms with E-state index in [4.69, 9.17) is 4.74 Å². The lowest BCUT2D eigenvalue weighted by Crippen LogP contribution is -2.19. The van der Waals surface area contributed by atoms with Crippen LogP contribution in [0.5, 0.6) is 5.75 Å². The van der Waals surface area contributed by atoms with Gasteiger partial charge in [0.15, 0.2) is 11.6 Å². The maximum atomic E-state index is 14.6. The van der Waals surface area contributed by atoms with Gasteiger partial charge in [-0.15, -0.1) is 0 Å². The van der Waals surface area contributed by atoms with E-state index in [0.29, 0.717) is 17.9 Å². The number of rotatable bonds is 6. The van der Waals surface area contributed by atoms with Gasteiger partial charge in [-0.3, -0.25) is 0 Å². The summed E-state index contributed by atoms with van der Waals surface area (Å²) in [5.41, 5.74) is 1.21. The van der Waals surface area contributed by atoms with Crippen LogP contribution < -0.4 is 10.1 Å². The number of methoxy groups -OCH3 is 1. The maximum Gasteiger partial charge on any atom is 0.186 e. The highest BCUT2D eigenvalue weighted by molar-refractivity contribution is 5.47. The summed E-state index contributed by atoms with van der Waals surface area (Å²) in [6.45, 7) is 1.85. The Bertz CT molecular complexity index is 864. The second kappa shape index (κ2) is 7.29. The minimum atomic E-state index is -0.445. The Morgan fingerprint density at radius 3 is 2.72 bits per heavy atom. The van der Waals surface area contributed by atoms with Crippen LogP contribution in [0.3, 0.4) is 0 Å². The number of benzene rings is 1. The molecule has 0 saturated carbocycles. The Kier molecular flexibility index (Phi) is 4.92. The summed E-state index contributed by atoms with van der Waals surface area (Å²) >= 11 is 0. The molecule has 0 aliphatic heterocycles. The Hall–Kier alpha value is -2.96. The lowest BCUT2D eigenvalue weighted by Gasteiger charge is -2.22. The fourth-order valence-electron chi connectivity index (χ4n) is 2.73. The number of aromatic nitrogens is 4. The van der Waals surface area contributed by atoms with Gasteiger partial charge in [-0.2, -0.15) is 0 Å². The fraction of sp³-hybridized carbons (Fsp3) is 0.278. The molecule has 3 aromatic rings. The number of imidazole rings is 1. The highest BCUT2D eigenvalue weighted by Crippen LogP contribution is 2.32. The first-order valence-electron chi connectivity index (χ1n) is 8.01. The Balaban J connectivity index is 2.09. The molecule has 0 aliphatic carbocycles. The number of anilines is 1. The molecule has 1 aromatic carbocycles. The molecule has 7 heteroatoms. The third-order valence-electron chi connectivity index (χ3n) is 4.04. The first-order valence-corrected chi connectivity index (χ1v) is 8.01. The van der Waals surface area contributed by atoms with E-state index in [2.05, 4.69) is 20.3 Å².